The summed E-state index contributed by atoms with van der Waals surface area (Å²) in [6.45, 7) is 4.44. The molecule has 0 atom stereocenters. The van der Waals surface area contributed by atoms with Gasteiger partial charge in [0, 0.05) is 19.6 Å². The molecule has 0 aromatic heterocycles. The molecule has 0 aromatic carbocycles. The van der Waals surface area contributed by atoms with Crippen LogP contribution in [0.15, 0.2) is 12.2 Å². The molecule has 0 unspecified atom stereocenters. The first-order valence-corrected chi connectivity index (χ1v) is 3.84. The van der Waals surface area contributed by atoms with E-state index in [-0.39, 0.29) is 0 Å². The van der Waals surface area contributed by atoms with Gasteiger partial charge >= 0.3 is 0 Å². The molecule has 0 bridgehead atoms. The summed E-state index contributed by atoms with van der Waals surface area (Å²) < 4.78 is 5.17. The van der Waals surface area contributed by atoms with Crippen molar-refractivity contribution in [3.05, 3.63) is 12.2 Å². The molecule has 0 spiro atoms. The molecule has 1 fully saturated rings. The summed E-state index contributed by atoms with van der Waals surface area (Å²) in [5, 5.41) is 0. The smallest absolute Gasteiger partial charge is 0.142 e. The Morgan fingerprint density at radius 1 is 1.36 bits per heavy atom. The molecule has 1 aliphatic heterocycles. The van der Waals surface area contributed by atoms with Crippen LogP contribution in [-0.4, -0.2) is 44.0 Å². The minimum absolute atomic E-state index is 0.806. The zero-order chi connectivity index (χ0) is 7.94. The Bertz CT molecular complexity index is 139. The minimum Gasteiger partial charge on any atom is -0.379 e. The van der Waals surface area contributed by atoms with E-state index in [2.05, 4.69) is 4.90 Å². The van der Waals surface area contributed by atoms with E-state index in [0.717, 1.165) is 39.1 Å². The molecule has 11 heavy (non-hydrogen) atoms. The van der Waals surface area contributed by atoms with Crippen LogP contribution in [0.5, 0.6) is 0 Å². The lowest BCUT2D eigenvalue weighted by Crippen LogP contribution is -2.36. The number of aldehydes is 1. The van der Waals surface area contributed by atoms with Crippen LogP contribution in [0.4, 0.5) is 0 Å². The molecule has 0 N–H and O–H groups in total. The second-order valence-corrected chi connectivity index (χ2v) is 2.48. The quantitative estimate of drug-likeness (QED) is 0.427. The third-order valence-electron chi connectivity index (χ3n) is 1.68. The first-order chi connectivity index (χ1) is 5.43. The van der Waals surface area contributed by atoms with E-state index < -0.39 is 0 Å². The van der Waals surface area contributed by atoms with Gasteiger partial charge in [-0.05, 0) is 6.08 Å². The van der Waals surface area contributed by atoms with E-state index in [1.807, 2.05) is 6.08 Å². The summed E-state index contributed by atoms with van der Waals surface area (Å²) in [5.74, 6) is 0. The fourth-order valence-electron chi connectivity index (χ4n) is 1.05. The van der Waals surface area contributed by atoms with Gasteiger partial charge in [-0.15, -0.1) is 0 Å². The topological polar surface area (TPSA) is 29.5 Å². The fourth-order valence-corrected chi connectivity index (χ4v) is 1.05. The highest BCUT2D eigenvalue weighted by Crippen LogP contribution is 1.95. The summed E-state index contributed by atoms with van der Waals surface area (Å²) in [6, 6.07) is 0. The number of hydrogen-bond donors (Lipinski definition) is 0. The SMILES string of the molecule is O=CC=CCN1CCOCC1. The maximum absolute atomic E-state index is 9.92. The van der Waals surface area contributed by atoms with E-state index in [9.17, 15) is 4.79 Å². The lowest BCUT2D eigenvalue weighted by atomic mass is 10.4. The molecular weight excluding hydrogens is 142 g/mol. The van der Waals surface area contributed by atoms with Gasteiger partial charge in [-0.3, -0.25) is 9.69 Å². The molecule has 0 aliphatic carbocycles. The van der Waals surface area contributed by atoms with Crippen LogP contribution in [0.2, 0.25) is 0 Å². The predicted octanol–water partition coefficient (Wildman–Crippen LogP) is 0.0737. The van der Waals surface area contributed by atoms with Crippen LogP contribution in [0.25, 0.3) is 0 Å². The Balaban J connectivity index is 2.14. The average Bonchev–Trinajstić information content (AvgIpc) is 2.07. The standard InChI is InChI=1S/C8H13NO2/c10-6-2-1-3-9-4-7-11-8-5-9/h1-2,6H,3-5,7-8H2. The van der Waals surface area contributed by atoms with Gasteiger partial charge in [-0.1, -0.05) is 6.08 Å². The van der Waals surface area contributed by atoms with Crippen LogP contribution in [0.1, 0.15) is 0 Å². The molecule has 1 aliphatic rings. The average molecular weight is 155 g/mol. The molecule has 3 heteroatoms. The summed E-state index contributed by atoms with van der Waals surface area (Å²) in [5.41, 5.74) is 0. The zero-order valence-electron chi connectivity index (χ0n) is 6.53. The van der Waals surface area contributed by atoms with E-state index in [1.165, 1.54) is 6.08 Å². The van der Waals surface area contributed by atoms with Crippen molar-refractivity contribution in [2.45, 2.75) is 0 Å². The van der Waals surface area contributed by atoms with Gasteiger partial charge < -0.3 is 4.74 Å². The molecule has 0 amide bonds. The molecule has 0 aromatic rings. The predicted molar refractivity (Wildman–Crippen MR) is 42.5 cm³/mol. The van der Waals surface area contributed by atoms with E-state index in [1.54, 1.807) is 0 Å². The van der Waals surface area contributed by atoms with Gasteiger partial charge in [0.2, 0.25) is 0 Å². The highest BCUT2D eigenvalue weighted by atomic mass is 16.5. The maximum Gasteiger partial charge on any atom is 0.142 e. The molecule has 62 valence electrons. The van der Waals surface area contributed by atoms with E-state index >= 15 is 0 Å². The number of morpholine rings is 1. The molecule has 1 rings (SSSR count). The van der Waals surface area contributed by atoms with Crippen LogP contribution in [-0.2, 0) is 9.53 Å². The largest absolute Gasteiger partial charge is 0.379 e. The number of hydrogen-bond acceptors (Lipinski definition) is 3. The maximum atomic E-state index is 9.92. The first-order valence-electron chi connectivity index (χ1n) is 3.84. The Labute approximate surface area is 66.6 Å². The van der Waals surface area contributed by atoms with Crippen molar-refractivity contribution in [1.29, 1.82) is 0 Å². The molecular formula is C8H13NO2. The summed E-state index contributed by atoms with van der Waals surface area (Å²) >= 11 is 0. The van der Waals surface area contributed by atoms with Crippen molar-refractivity contribution in [1.82, 2.24) is 4.90 Å². The lowest BCUT2D eigenvalue weighted by Gasteiger charge is -2.24. The van der Waals surface area contributed by atoms with Gasteiger partial charge in [0.1, 0.15) is 6.29 Å². The van der Waals surface area contributed by atoms with Crippen molar-refractivity contribution >= 4 is 6.29 Å². The number of rotatable bonds is 3. The van der Waals surface area contributed by atoms with Gasteiger partial charge in [0.25, 0.3) is 0 Å². The van der Waals surface area contributed by atoms with Crippen LogP contribution >= 0.6 is 0 Å². The number of carbonyl (C=O) groups is 1. The third-order valence-corrected chi connectivity index (χ3v) is 1.68. The van der Waals surface area contributed by atoms with Gasteiger partial charge in [0.05, 0.1) is 13.2 Å². The highest BCUT2D eigenvalue weighted by Gasteiger charge is 2.06. The molecule has 3 nitrogen and oxygen atoms in total. The van der Waals surface area contributed by atoms with Crippen LogP contribution in [0.3, 0.4) is 0 Å². The van der Waals surface area contributed by atoms with E-state index in [0.29, 0.717) is 0 Å². The highest BCUT2D eigenvalue weighted by molar-refractivity contribution is 5.64. The second kappa shape index (κ2) is 5.04. The Kier molecular flexibility index (Phi) is 3.86. The molecule has 0 radical (unpaired) electrons. The van der Waals surface area contributed by atoms with Crippen molar-refractivity contribution in [2.24, 2.45) is 0 Å². The molecule has 1 heterocycles. The van der Waals surface area contributed by atoms with Gasteiger partial charge in [-0.2, -0.15) is 0 Å². The fraction of sp³-hybridized carbons (Fsp3) is 0.625. The normalized spacial score (nSPS) is 20.7. The van der Waals surface area contributed by atoms with Gasteiger partial charge in [0.15, 0.2) is 0 Å². The van der Waals surface area contributed by atoms with Crippen molar-refractivity contribution in [3.63, 3.8) is 0 Å². The number of nitrogens with zero attached hydrogens (tertiary/aromatic N) is 1. The Hall–Kier alpha value is -0.670. The summed E-state index contributed by atoms with van der Waals surface area (Å²) in [4.78, 5) is 12.2. The first kappa shape index (κ1) is 8.43. The second-order valence-electron chi connectivity index (χ2n) is 2.48. The third kappa shape index (κ3) is 3.30. The van der Waals surface area contributed by atoms with Crippen molar-refractivity contribution < 1.29 is 9.53 Å². The number of allylic oxidation sites excluding steroid dienone is 1. The molecule has 1 saturated heterocycles. The minimum atomic E-state index is 0.806. The van der Waals surface area contributed by atoms with Crippen molar-refractivity contribution in [3.8, 4) is 0 Å². The molecule has 0 saturated carbocycles. The number of ether oxygens (including phenoxy) is 1. The Morgan fingerprint density at radius 3 is 2.73 bits per heavy atom. The zero-order valence-corrected chi connectivity index (χ0v) is 6.53. The van der Waals surface area contributed by atoms with Crippen LogP contribution < -0.4 is 0 Å². The lowest BCUT2D eigenvalue weighted by molar-refractivity contribution is -0.104. The summed E-state index contributed by atoms with van der Waals surface area (Å²) in [7, 11) is 0. The van der Waals surface area contributed by atoms with Gasteiger partial charge in [-0.25, -0.2) is 0 Å². The number of carbonyl (C=O) groups excluding carboxylic acids is 1. The van der Waals surface area contributed by atoms with Crippen molar-refractivity contribution in [2.75, 3.05) is 32.8 Å². The Morgan fingerprint density at radius 2 is 2.09 bits per heavy atom. The monoisotopic (exact) mass is 155 g/mol. The van der Waals surface area contributed by atoms with Crippen LogP contribution in [0, 0.1) is 0 Å². The summed E-state index contributed by atoms with van der Waals surface area (Å²) in [6.07, 6.45) is 4.22. The van der Waals surface area contributed by atoms with E-state index in [4.69, 9.17) is 4.74 Å².